The Kier molecular flexibility index (Phi) is 4.35. The molecule has 19 heavy (non-hydrogen) atoms. The molecule has 0 aromatic heterocycles. The number of methoxy groups -OCH3 is 1. The zero-order valence-electron chi connectivity index (χ0n) is 10.7. The van der Waals surface area contributed by atoms with Gasteiger partial charge in [0, 0.05) is 5.56 Å². The van der Waals surface area contributed by atoms with Gasteiger partial charge in [0.15, 0.2) is 0 Å². The van der Waals surface area contributed by atoms with Gasteiger partial charge in [-0.05, 0) is 36.2 Å². The number of hydrogen-bond acceptors (Lipinski definition) is 2. The molecule has 100 valence electrons. The fourth-order valence-corrected chi connectivity index (χ4v) is 2.39. The van der Waals surface area contributed by atoms with E-state index in [1.807, 2.05) is 25.1 Å². The predicted octanol–water partition coefficient (Wildman–Crippen LogP) is 4.39. The molecule has 1 atom stereocenters. The van der Waals surface area contributed by atoms with Gasteiger partial charge < -0.3 is 9.84 Å². The summed E-state index contributed by atoms with van der Waals surface area (Å²) in [5.74, 6) is 0.785. The third-order valence-corrected chi connectivity index (χ3v) is 3.84. The van der Waals surface area contributed by atoms with Crippen LogP contribution in [0.25, 0.3) is 0 Å². The van der Waals surface area contributed by atoms with Crippen molar-refractivity contribution in [3.63, 3.8) is 0 Å². The Morgan fingerprint density at radius 2 is 1.89 bits per heavy atom. The molecule has 0 heterocycles. The topological polar surface area (TPSA) is 29.5 Å². The van der Waals surface area contributed by atoms with Crippen molar-refractivity contribution in [2.24, 2.45) is 0 Å². The molecule has 0 saturated carbocycles. The fourth-order valence-electron chi connectivity index (χ4n) is 1.98. The molecule has 0 aliphatic carbocycles. The first-order valence-electron chi connectivity index (χ1n) is 5.81. The lowest BCUT2D eigenvalue weighted by Gasteiger charge is -2.15. The molecule has 0 fully saturated rings. The molecule has 0 aliphatic rings. The normalized spacial score (nSPS) is 12.3. The summed E-state index contributed by atoms with van der Waals surface area (Å²) in [6.07, 6.45) is -0.809. The Morgan fingerprint density at radius 1 is 1.16 bits per heavy atom. The van der Waals surface area contributed by atoms with Crippen LogP contribution in [0.4, 0.5) is 0 Å². The molecule has 0 bridgehead atoms. The molecule has 4 heteroatoms. The standard InChI is InChI=1S/C15H14Cl2O2/c1-9-8-10(6-7-13(9)19-2)15(18)11-4-3-5-12(16)14(11)17/h3-8,15,18H,1-2H3. The molecule has 0 spiro atoms. The van der Waals surface area contributed by atoms with E-state index in [9.17, 15) is 5.11 Å². The van der Waals surface area contributed by atoms with Crippen molar-refractivity contribution in [1.82, 2.24) is 0 Å². The van der Waals surface area contributed by atoms with E-state index < -0.39 is 6.10 Å². The summed E-state index contributed by atoms with van der Waals surface area (Å²) in [6, 6.07) is 10.7. The third-order valence-electron chi connectivity index (χ3n) is 3.01. The van der Waals surface area contributed by atoms with Gasteiger partial charge in [-0.2, -0.15) is 0 Å². The van der Waals surface area contributed by atoms with Crippen LogP contribution in [0.15, 0.2) is 36.4 Å². The van der Waals surface area contributed by atoms with Gasteiger partial charge >= 0.3 is 0 Å². The molecule has 2 rings (SSSR count). The highest BCUT2D eigenvalue weighted by atomic mass is 35.5. The van der Waals surface area contributed by atoms with Crippen LogP contribution >= 0.6 is 23.2 Å². The summed E-state index contributed by atoms with van der Waals surface area (Å²) in [5, 5.41) is 11.2. The van der Waals surface area contributed by atoms with Crippen LogP contribution in [0, 0.1) is 6.92 Å². The van der Waals surface area contributed by atoms with Gasteiger partial charge in [-0.25, -0.2) is 0 Å². The molecule has 2 aromatic carbocycles. The first-order chi connectivity index (χ1) is 9.04. The molecule has 2 nitrogen and oxygen atoms in total. The monoisotopic (exact) mass is 296 g/mol. The number of hydrogen-bond donors (Lipinski definition) is 1. The maximum atomic E-state index is 10.4. The van der Waals surface area contributed by atoms with E-state index in [0.29, 0.717) is 15.6 Å². The van der Waals surface area contributed by atoms with Gasteiger partial charge in [0.25, 0.3) is 0 Å². The molecular weight excluding hydrogens is 283 g/mol. The third kappa shape index (κ3) is 2.86. The smallest absolute Gasteiger partial charge is 0.121 e. The fraction of sp³-hybridized carbons (Fsp3) is 0.200. The van der Waals surface area contributed by atoms with Crippen LogP contribution in [0.3, 0.4) is 0 Å². The summed E-state index contributed by atoms with van der Waals surface area (Å²) >= 11 is 12.1. The average Bonchev–Trinajstić information content (AvgIpc) is 2.41. The Labute approximate surface area is 122 Å². The minimum atomic E-state index is -0.809. The quantitative estimate of drug-likeness (QED) is 0.910. The van der Waals surface area contributed by atoms with E-state index in [1.54, 1.807) is 25.3 Å². The molecule has 0 amide bonds. The van der Waals surface area contributed by atoms with Crippen LogP contribution in [0.1, 0.15) is 22.8 Å². The molecule has 1 N–H and O–H groups in total. The predicted molar refractivity (Wildman–Crippen MR) is 78.3 cm³/mol. The average molecular weight is 297 g/mol. The minimum Gasteiger partial charge on any atom is -0.496 e. The minimum absolute atomic E-state index is 0.380. The zero-order valence-corrected chi connectivity index (χ0v) is 12.2. The number of rotatable bonds is 3. The van der Waals surface area contributed by atoms with E-state index in [2.05, 4.69) is 0 Å². The number of halogens is 2. The lowest BCUT2D eigenvalue weighted by Crippen LogP contribution is -2.01. The first kappa shape index (κ1) is 14.2. The second-order valence-electron chi connectivity index (χ2n) is 4.27. The Bertz CT molecular complexity index is 597. The van der Waals surface area contributed by atoms with Gasteiger partial charge in [0.05, 0.1) is 17.2 Å². The summed E-state index contributed by atoms with van der Waals surface area (Å²) in [7, 11) is 1.62. The molecule has 0 radical (unpaired) electrons. The van der Waals surface area contributed by atoms with Crippen molar-refractivity contribution >= 4 is 23.2 Å². The van der Waals surface area contributed by atoms with Gasteiger partial charge in [-0.15, -0.1) is 0 Å². The van der Waals surface area contributed by atoms with Crippen LogP contribution in [-0.4, -0.2) is 12.2 Å². The van der Waals surface area contributed by atoms with E-state index in [4.69, 9.17) is 27.9 Å². The molecule has 0 aliphatic heterocycles. The molecular formula is C15H14Cl2O2. The van der Waals surface area contributed by atoms with E-state index in [0.717, 1.165) is 16.9 Å². The van der Waals surface area contributed by atoms with Crippen molar-refractivity contribution in [1.29, 1.82) is 0 Å². The highest BCUT2D eigenvalue weighted by Gasteiger charge is 2.16. The van der Waals surface area contributed by atoms with Crippen molar-refractivity contribution < 1.29 is 9.84 Å². The summed E-state index contributed by atoms with van der Waals surface area (Å²) < 4.78 is 5.20. The highest BCUT2D eigenvalue weighted by Crippen LogP contribution is 2.34. The number of aliphatic hydroxyl groups is 1. The largest absolute Gasteiger partial charge is 0.496 e. The van der Waals surface area contributed by atoms with Crippen LogP contribution in [0.5, 0.6) is 5.75 Å². The molecule has 0 saturated heterocycles. The summed E-state index contributed by atoms with van der Waals surface area (Å²) in [5.41, 5.74) is 2.30. The van der Waals surface area contributed by atoms with Crippen LogP contribution in [0.2, 0.25) is 10.0 Å². The van der Waals surface area contributed by atoms with Gasteiger partial charge in [-0.3, -0.25) is 0 Å². The van der Waals surface area contributed by atoms with E-state index >= 15 is 0 Å². The van der Waals surface area contributed by atoms with Crippen LogP contribution in [-0.2, 0) is 0 Å². The van der Waals surface area contributed by atoms with Crippen molar-refractivity contribution in [2.45, 2.75) is 13.0 Å². The summed E-state index contributed by atoms with van der Waals surface area (Å²) in [4.78, 5) is 0. The van der Waals surface area contributed by atoms with Crippen molar-refractivity contribution in [2.75, 3.05) is 7.11 Å². The maximum Gasteiger partial charge on any atom is 0.121 e. The molecule has 2 aromatic rings. The Hall–Kier alpha value is -1.22. The van der Waals surface area contributed by atoms with Gasteiger partial charge in [-0.1, -0.05) is 41.4 Å². The van der Waals surface area contributed by atoms with E-state index in [-0.39, 0.29) is 0 Å². The molecule has 1 unspecified atom stereocenters. The maximum absolute atomic E-state index is 10.4. The SMILES string of the molecule is COc1ccc(C(O)c2cccc(Cl)c2Cl)cc1C. The number of aryl methyl sites for hydroxylation is 1. The van der Waals surface area contributed by atoms with Crippen molar-refractivity contribution in [3.05, 3.63) is 63.1 Å². The number of aliphatic hydroxyl groups excluding tert-OH is 1. The second kappa shape index (κ2) is 5.83. The Morgan fingerprint density at radius 3 is 2.53 bits per heavy atom. The number of ether oxygens (including phenoxy) is 1. The van der Waals surface area contributed by atoms with Gasteiger partial charge in [0.2, 0.25) is 0 Å². The zero-order chi connectivity index (χ0) is 14.0. The number of benzene rings is 2. The van der Waals surface area contributed by atoms with Crippen LogP contribution < -0.4 is 4.74 Å². The first-order valence-corrected chi connectivity index (χ1v) is 6.56. The second-order valence-corrected chi connectivity index (χ2v) is 5.06. The van der Waals surface area contributed by atoms with E-state index in [1.165, 1.54) is 0 Å². The lowest BCUT2D eigenvalue weighted by atomic mass is 9.99. The Balaban J connectivity index is 2.41. The highest BCUT2D eigenvalue weighted by molar-refractivity contribution is 6.42. The van der Waals surface area contributed by atoms with Crippen molar-refractivity contribution in [3.8, 4) is 5.75 Å². The summed E-state index contributed by atoms with van der Waals surface area (Å²) in [6.45, 7) is 1.93. The van der Waals surface area contributed by atoms with Gasteiger partial charge in [0.1, 0.15) is 11.9 Å². The lowest BCUT2D eigenvalue weighted by molar-refractivity contribution is 0.220.